The Hall–Kier alpha value is -4.01. The Balaban J connectivity index is 1.07. The highest BCUT2D eigenvalue weighted by molar-refractivity contribution is 6.32. The number of rotatable bonds is 5. The summed E-state index contributed by atoms with van der Waals surface area (Å²) in [4.78, 5) is 38.1. The molecule has 6 atom stereocenters. The molecule has 0 radical (unpaired) electrons. The molecule has 7 rings (SSSR count). The second-order valence-electron chi connectivity index (χ2n) is 13.2. The maximum atomic E-state index is 14.0. The molecule has 3 aliphatic heterocycles. The Kier molecular flexibility index (Phi) is 7.72. The van der Waals surface area contributed by atoms with Crippen LogP contribution in [-0.2, 0) is 14.3 Å². The topological polar surface area (TPSA) is 116 Å². The van der Waals surface area contributed by atoms with Crippen LogP contribution >= 0.6 is 0 Å². The molecule has 6 aliphatic rings. The fourth-order valence-corrected chi connectivity index (χ4v) is 8.03. The molecule has 1 aromatic rings. The number of nitrogens with zero attached hydrogens (tertiary/aromatic N) is 3. The zero-order valence-electron chi connectivity index (χ0n) is 25.6. The van der Waals surface area contributed by atoms with Crippen molar-refractivity contribution in [1.29, 1.82) is 5.41 Å². The van der Waals surface area contributed by atoms with Gasteiger partial charge in [0.25, 0.3) is 0 Å². The van der Waals surface area contributed by atoms with Gasteiger partial charge in [-0.1, -0.05) is 42.8 Å². The number of hydrogen-bond donors (Lipinski definition) is 2. The molecular weight excluding hydrogens is 554 g/mol. The number of likely N-dealkylation sites (tertiary alicyclic amines) is 1. The molecular formula is C35H41N5O4. The van der Waals surface area contributed by atoms with E-state index in [0.717, 1.165) is 68.5 Å². The van der Waals surface area contributed by atoms with Gasteiger partial charge in [0.2, 0.25) is 5.91 Å². The van der Waals surface area contributed by atoms with Crippen LogP contribution < -0.4 is 5.32 Å². The average Bonchev–Trinajstić information content (AvgIpc) is 3.69. The van der Waals surface area contributed by atoms with Gasteiger partial charge >= 0.3 is 6.09 Å². The fourth-order valence-electron chi connectivity index (χ4n) is 8.03. The van der Waals surface area contributed by atoms with Crippen LogP contribution in [0.3, 0.4) is 0 Å². The van der Waals surface area contributed by atoms with Gasteiger partial charge in [-0.3, -0.25) is 14.8 Å². The summed E-state index contributed by atoms with van der Waals surface area (Å²) < 4.78 is 11.2. The zero-order valence-corrected chi connectivity index (χ0v) is 25.6. The first-order valence-corrected chi connectivity index (χ1v) is 16.0. The van der Waals surface area contributed by atoms with Crippen LogP contribution in [0.15, 0.2) is 74.4 Å². The number of ether oxygens (including phenoxy) is 2. The molecule has 2 amide bonds. The molecule has 44 heavy (non-hydrogen) atoms. The molecule has 0 bridgehead atoms. The summed E-state index contributed by atoms with van der Waals surface area (Å²) in [6.07, 6.45) is 10.8. The molecule has 3 aliphatic carbocycles. The van der Waals surface area contributed by atoms with Crippen molar-refractivity contribution in [3.8, 4) is 0 Å². The first-order valence-electron chi connectivity index (χ1n) is 16.0. The lowest BCUT2D eigenvalue weighted by Gasteiger charge is -2.38. The molecule has 0 aromatic heterocycles. The molecule has 2 N–H and O–H groups in total. The monoisotopic (exact) mass is 595 g/mol. The third-order valence-corrected chi connectivity index (χ3v) is 10.3. The number of carbonyl (C=O) groups excluding carboxylic acids is 2. The zero-order chi connectivity index (χ0) is 30.4. The average molecular weight is 596 g/mol. The minimum absolute atomic E-state index is 0.162. The number of carbonyl (C=O) groups is 2. The summed E-state index contributed by atoms with van der Waals surface area (Å²) in [7, 11) is 1.30. The Morgan fingerprint density at radius 2 is 1.93 bits per heavy atom. The van der Waals surface area contributed by atoms with E-state index in [0.29, 0.717) is 36.5 Å². The van der Waals surface area contributed by atoms with Gasteiger partial charge < -0.3 is 25.1 Å². The number of nitrogens with one attached hydrogen (secondary N) is 2. The second kappa shape index (κ2) is 11.8. The first kappa shape index (κ1) is 28.7. The smallest absolute Gasteiger partial charge is 0.407 e. The molecule has 9 heteroatoms. The first-order chi connectivity index (χ1) is 21.4. The molecule has 0 spiro atoms. The number of allylic oxidation sites excluding steroid dienone is 4. The predicted molar refractivity (Wildman–Crippen MR) is 169 cm³/mol. The Labute approximate surface area is 258 Å². The number of fused-ring (bicyclic) bond motifs is 2. The van der Waals surface area contributed by atoms with Crippen LogP contribution in [0.4, 0.5) is 4.79 Å². The number of benzene rings is 1. The van der Waals surface area contributed by atoms with Crippen LogP contribution in [0.2, 0.25) is 0 Å². The summed E-state index contributed by atoms with van der Waals surface area (Å²) >= 11 is 0. The largest absolute Gasteiger partial charge is 0.489 e. The van der Waals surface area contributed by atoms with Crippen molar-refractivity contribution in [2.75, 3.05) is 20.3 Å². The summed E-state index contributed by atoms with van der Waals surface area (Å²) in [5.74, 6) is 2.02. The quantitative estimate of drug-likeness (QED) is 0.454. The molecule has 1 aromatic carbocycles. The minimum atomic E-state index is -0.842. The van der Waals surface area contributed by atoms with Crippen LogP contribution in [0.25, 0.3) is 0 Å². The molecule has 230 valence electrons. The lowest BCUT2D eigenvalue weighted by molar-refractivity contribution is -0.134. The standard InChI is InChI=1S/C35H41N5O4/c1-20-12-30(40(18-20)34(41)32(39-35(42)43-2)21-6-4-3-5-7-21)33-37-17-29(38-33)23-9-11-27-25(13-23)19-44-31-16-24-14-26(36)10-8-22(24)15-28(27)31/h3-7,16-17,20,22-23,30,32-33,36H,8-15,18-19H2,1-2H3,(H,39,42). The van der Waals surface area contributed by atoms with E-state index >= 15 is 0 Å². The van der Waals surface area contributed by atoms with Gasteiger partial charge in [0.15, 0.2) is 6.17 Å². The van der Waals surface area contributed by atoms with Crippen molar-refractivity contribution < 1.29 is 19.1 Å². The van der Waals surface area contributed by atoms with Crippen molar-refractivity contribution >= 4 is 29.6 Å². The molecule has 3 heterocycles. The van der Waals surface area contributed by atoms with Crippen LogP contribution in [0.1, 0.15) is 69.9 Å². The highest BCUT2D eigenvalue weighted by Gasteiger charge is 2.43. The summed E-state index contributed by atoms with van der Waals surface area (Å²) in [5.41, 5.74) is 8.25. The molecule has 2 fully saturated rings. The normalized spacial score (nSPS) is 30.1. The van der Waals surface area contributed by atoms with Crippen LogP contribution in [0, 0.1) is 23.2 Å². The lowest BCUT2D eigenvalue weighted by atomic mass is 9.71. The second-order valence-corrected chi connectivity index (χ2v) is 13.2. The lowest BCUT2D eigenvalue weighted by Crippen LogP contribution is -2.47. The van der Waals surface area contributed by atoms with E-state index in [-0.39, 0.29) is 18.1 Å². The maximum absolute atomic E-state index is 14.0. The number of alkyl carbamates (subject to hydrolysis) is 1. The number of hydrogen-bond acceptors (Lipinski definition) is 7. The van der Waals surface area contributed by atoms with Gasteiger partial charge in [0.1, 0.15) is 18.4 Å². The molecule has 1 saturated carbocycles. The van der Waals surface area contributed by atoms with E-state index in [1.54, 1.807) is 0 Å². The van der Waals surface area contributed by atoms with E-state index in [9.17, 15) is 9.59 Å². The Morgan fingerprint density at radius 3 is 2.75 bits per heavy atom. The van der Waals surface area contributed by atoms with Crippen LogP contribution in [0.5, 0.6) is 0 Å². The number of amides is 2. The van der Waals surface area contributed by atoms with E-state index in [1.165, 1.54) is 29.4 Å². The van der Waals surface area contributed by atoms with Gasteiger partial charge in [-0.05, 0) is 85.1 Å². The van der Waals surface area contributed by atoms with Gasteiger partial charge in [0, 0.05) is 30.8 Å². The van der Waals surface area contributed by atoms with E-state index in [1.807, 2.05) is 41.4 Å². The van der Waals surface area contributed by atoms with Crippen molar-refractivity contribution in [2.24, 2.45) is 27.7 Å². The summed E-state index contributed by atoms with van der Waals surface area (Å²) in [6, 6.07) is 8.30. The maximum Gasteiger partial charge on any atom is 0.407 e. The van der Waals surface area contributed by atoms with Gasteiger partial charge in [-0.15, -0.1) is 0 Å². The minimum Gasteiger partial charge on any atom is -0.489 e. The van der Waals surface area contributed by atoms with Gasteiger partial charge in [-0.25, -0.2) is 4.79 Å². The SMILES string of the molecule is COC(=O)NC(C(=O)N1CC(C)CC1C1N=CC(C2CCC3=C(COC4=C3CC3CCC(=N)CC3=C4)C2)=N1)c1ccccc1. The fraction of sp³-hybridized carbons (Fsp3) is 0.514. The van der Waals surface area contributed by atoms with E-state index < -0.39 is 12.1 Å². The van der Waals surface area contributed by atoms with Gasteiger partial charge in [0.05, 0.1) is 18.9 Å². The summed E-state index contributed by atoms with van der Waals surface area (Å²) in [6.45, 7) is 3.37. The van der Waals surface area contributed by atoms with Gasteiger partial charge in [-0.2, -0.15) is 0 Å². The highest BCUT2D eigenvalue weighted by Crippen LogP contribution is 2.47. The molecule has 1 saturated heterocycles. The van der Waals surface area contributed by atoms with Crippen molar-refractivity contribution in [3.05, 3.63) is 70.0 Å². The Morgan fingerprint density at radius 1 is 1.11 bits per heavy atom. The third kappa shape index (κ3) is 5.41. The van der Waals surface area contributed by atoms with Crippen molar-refractivity contribution in [1.82, 2.24) is 10.2 Å². The number of methoxy groups -OCH3 is 1. The van der Waals surface area contributed by atoms with E-state index in [4.69, 9.17) is 24.9 Å². The summed E-state index contributed by atoms with van der Waals surface area (Å²) in [5, 5.41) is 10.9. The Bertz CT molecular complexity index is 1520. The van der Waals surface area contributed by atoms with E-state index in [2.05, 4.69) is 18.3 Å². The molecule has 6 unspecified atom stereocenters. The predicted octanol–water partition coefficient (Wildman–Crippen LogP) is 5.70. The third-order valence-electron chi connectivity index (χ3n) is 10.3. The van der Waals surface area contributed by atoms with Crippen molar-refractivity contribution in [3.63, 3.8) is 0 Å². The highest BCUT2D eigenvalue weighted by atomic mass is 16.5. The van der Waals surface area contributed by atoms with Crippen LogP contribution in [-0.4, -0.2) is 67.0 Å². The van der Waals surface area contributed by atoms with Crippen molar-refractivity contribution in [2.45, 2.75) is 76.5 Å². The number of aliphatic imine (C=N–C) groups is 2. The molecule has 9 nitrogen and oxygen atoms in total.